The molecule has 7 nitrogen and oxygen atoms in total. The molecule has 0 radical (unpaired) electrons. The number of carbonyl (C=O) groups excluding carboxylic acids is 1. The van der Waals surface area contributed by atoms with Crippen LogP contribution in [0.25, 0.3) is 5.69 Å². The normalized spacial score (nSPS) is 10.7. The third kappa shape index (κ3) is 3.55. The lowest BCUT2D eigenvalue weighted by atomic mass is 10.2. The Morgan fingerprint density at radius 1 is 1.36 bits per heavy atom. The molecule has 0 bridgehead atoms. The smallest absolute Gasteiger partial charge is 0.257 e. The molecule has 3 aromatic rings. The van der Waals surface area contributed by atoms with Crippen molar-refractivity contribution in [2.24, 2.45) is 0 Å². The monoisotopic (exact) mass is 340 g/mol. The van der Waals surface area contributed by atoms with Gasteiger partial charge in [-0.15, -0.1) is 0 Å². The summed E-state index contributed by atoms with van der Waals surface area (Å²) in [6.45, 7) is 2.36. The molecule has 25 heavy (non-hydrogen) atoms. The van der Waals surface area contributed by atoms with Gasteiger partial charge in [-0.25, -0.2) is 4.68 Å². The van der Waals surface area contributed by atoms with Crippen LogP contribution >= 0.6 is 0 Å². The summed E-state index contributed by atoms with van der Waals surface area (Å²) in [7, 11) is 3.32. The second-order valence-electron chi connectivity index (χ2n) is 5.64. The van der Waals surface area contributed by atoms with Gasteiger partial charge in [-0.05, 0) is 18.6 Å². The summed E-state index contributed by atoms with van der Waals surface area (Å²) in [6, 6.07) is 9.36. The molecule has 2 aromatic heterocycles. The molecule has 0 saturated carbocycles. The predicted octanol–water partition coefficient (Wildman–Crippen LogP) is 2.70. The number of rotatable bonds is 6. The minimum atomic E-state index is -0.143. The molecule has 0 fully saturated rings. The van der Waals surface area contributed by atoms with E-state index in [4.69, 9.17) is 9.26 Å². The highest BCUT2D eigenvalue weighted by Gasteiger charge is 2.17. The number of methoxy groups -OCH3 is 1. The highest BCUT2D eigenvalue weighted by atomic mass is 16.5. The van der Waals surface area contributed by atoms with Crippen LogP contribution in [-0.4, -0.2) is 39.9 Å². The van der Waals surface area contributed by atoms with Gasteiger partial charge in [0.05, 0.1) is 31.1 Å². The predicted molar refractivity (Wildman–Crippen MR) is 91.8 cm³/mol. The van der Waals surface area contributed by atoms with Crippen molar-refractivity contribution in [3.05, 3.63) is 59.7 Å². The van der Waals surface area contributed by atoms with E-state index in [1.165, 1.54) is 0 Å². The minimum Gasteiger partial charge on any atom is -0.494 e. The van der Waals surface area contributed by atoms with Crippen molar-refractivity contribution in [3.8, 4) is 11.4 Å². The molecule has 0 atom stereocenters. The van der Waals surface area contributed by atoms with Crippen LogP contribution in [0, 0.1) is 0 Å². The first-order valence-corrected chi connectivity index (χ1v) is 8.00. The summed E-state index contributed by atoms with van der Waals surface area (Å²) in [5.41, 5.74) is 2.14. The van der Waals surface area contributed by atoms with Crippen molar-refractivity contribution >= 4 is 5.91 Å². The summed E-state index contributed by atoms with van der Waals surface area (Å²) in [5.74, 6) is 1.20. The van der Waals surface area contributed by atoms with Gasteiger partial charge >= 0.3 is 0 Å². The van der Waals surface area contributed by atoms with Crippen molar-refractivity contribution in [3.63, 3.8) is 0 Å². The third-order valence-corrected chi connectivity index (χ3v) is 3.87. The molecule has 0 aliphatic rings. The standard InChI is InChI=1S/C18H20N4O3/c1-4-14-9-15(25-20-14)12-21(2)18(23)13-10-19-22(11-13)16-7-5-6-8-17(16)24-3/h5-11H,4,12H2,1-3H3. The molecular formula is C18H20N4O3. The average Bonchev–Trinajstić information content (AvgIpc) is 3.30. The lowest BCUT2D eigenvalue weighted by Gasteiger charge is -2.13. The largest absolute Gasteiger partial charge is 0.494 e. The minimum absolute atomic E-state index is 0.143. The molecule has 0 aliphatic heterocycles. The first kappa shape index (κ1) is 16.8. The molecule has 130 valence electrons. The van der Waals surface area contributed by atoms with Gasteiger partial charge in [-0.3, -0.25) is 4.79 Å². The quantitative estimate of drug-likeness (QED) is 0.690. The number of aryl methyl sites for hydroxylation is 1. The van der Waals surface area contributed by atoms with Gasteiger partial charge in [0.2, 0.25) is 0 Å². The van der Waals surface area contributed by atoms with Crippen molar-refractivity contribution in [1.29, 1.82) is 0 Å². The van der Waals surface area contributed by atoms with Crippen LogP contribution in [0.2, 0.25) is 0 Å². The van der Waals surface area contributed by atoms with E-state index in [1.54, 1.807) is 36.1 Å². The van der Waals surface area contributed by atoms with Gasteiger partial charge in [-0.2, -0.15) is 5.10 Å². The Balaban J connectivity index is 1.75. The van der Waals surface area contributed by atoms with Crippen LogP contribution in [0.15, 0.2) is 47.2 Å². The number of carbonyl (C=O) groups is 1. The highest BCUT2D eigenvalue weighted by Crippen LogP contribution is 2.22. The molecule has 2 heterocycles. The van der Waals surface area contributed by atoms with Crippen LogP contribution in [0.3, 0.4) is 0 Å². The molecule has 0 aliphatic carbocycles. The highest BCUT2D eigenvalue weighted by molar-refractivity contribution is 5.93. The Bertz CT molecular complexity index is 869. The fourth-order valence-corrected chi connectivity index (χ4v) is 2.51. The maximum absolute atomic E-state index is 12.6. The summed E-state index contributed by atoms with van der Waals surface area (Å²) in [6.07, 6.45) is 4.03. The zero-order valence-electron chi connectivity index (χ0n) is 14.5. The maximum atomic E-state index is 12.6. The van der Waals surface area contributed by atoms with Crippen molar-refractivity contribution in [2.45, 2.75) is 19.9 Å². The van der Waals surface area contributed by atoms with E-state index in [0.717, 1.165) is 17.8 Å². The van der Waals surface area contributed by atoms with E-state index in [-0.39, 0.29) is 5.91 Å². The fraction of sp³-hybridized carbons (Fsp3) is 0.278. The van der Waals surface area contributed by atoms with Crippen LogP contribution in [-0.2, 0) is 13.0 Å². The van der Waals surface area contributed by atoms with Gasteiger partial charge in [0.1, 0.15) is 11.4 Å². The number of ether oxygens (including phenoxy) is 1. The lowest BCUT2D eigenvalue weighted by molar-refractivity contribution is 0.0772. The van der Waals surface area contributed by atoms with Gasteiger partial charge in [0.15, 0.2) is 5.76 Å². The first-order valence-electron chi connectivity index (χ1n) is 8.00. The van der Waals surface area contributed by atoms with Crippen LogP contribution in [0.4, 0.5) is 0 Å². The number of benzene rings is 1. The average molecular weight is 340 g/mol. The topological polar surface area (TPSA) is 73.4 Å². The van der Waals surface area contributed by atoms with E-state index < -0.39 is 0 Å². The number of hydrogen-bond acceptors (Lipinski definition) is 5. The molecule has 1 amide bonds. The first-order chi connectivity index (χ1) is 12.1. The lowest BCUT2D eigenvalue weighted by Crippen LogP contribution is -2.25. The van der Waals surface area contributed by atoms with Crippen LogP contribution in [0.1, 0.15) is 28.7 Å². The summed E-state index contributed by atoms with van der Waals surface area (Å²) >= 11 is 0. The SMILES string of the molecule is CCc1cc(CN(C)C(=O)c2cnn(-c3ccccc3OC)c2)on1. The summed E-state index contributed by atoms with van der Waals surface area (Å²) in [5, 5.41) is 8.22. The molecular weight excluding hydrogens is 320 g/mol. The zero-order chi connectivity index (χ0) is 17.8. The molecule has 0 N–H and O–H groups in total. The number of amides is 1. The number of aromatic nitrogens is 3. The zero-order valence-corrected chi connectivity index (χ0v) is 14.5. The van der Waals surface area contributed by atoms with Crippen molar-refractivity contribution in [2.75, 3.05) is 14.2 Å². The van der Waals surface area contributed by atoms with E-state index in [1.807, 2.05) is 37.3 Å². The van der Waals surface area contributed by atoms with E-state index in [9.17, 15) is 4.79 Å². The van der Waals surface area contributed by atoms with Crippen molar-refractivity contribution < 1.29 is 14.1 Å². The maximum Gasteiger partial charge on any atom is 0.257 e. The third-order valence-electron chi connectivity index (χ3n) is 3.87. The Hall–Kier alpha value is -3.09. The molecule has 0 unspecified atom stereocenters. The molecule has 1 aromatic carbocycles. The Morgan fingerprint density at radius 2 is 2.16 bits per heavy atom. The van der Waals surface area contributed by atoms with Crippen LogP contribution in [0.5, 0.6) is 5.75 Å². The second-order valence-corrected chi connectivity index (χ2v) is 5.64. The number of hydrogen-bond donors (Lipinski definition) is 0. The van der Waals surface area contributed by atoms with E-state index in [2.05, 4.69) is 10.3 Å². The van der Waals surface area contributed by atoms with Crippen molar-refractivity contribution in [1.82, 2.24) is 19.8 Å². The second kappa shape index (κ2) is 7.21. The molecule has 0 saturated heterocycles. The van der Waals surface area contributed by atoms with Gasteiger partial charge in [0, 0.05) is 19.3 Å². The fourth-order valence-electron chi connectivity index (χ4n) is 2.51. The van der Waals surface area contributed by atoms with Gasteiger partial charge in [0.25, 0.3) is 5.91 Å². The Morgan fingerprint density at radius 3 is 2.88 bits per heavy atom. The molecule has 7 heteroatoms. The summed E-state index contributed by atoms with van der Waals surface area (Å²) < 4.78 is 12.2. The summed E-state index contributed by atoms with van der Waals surface area (Å²) in [4.78, 5) is 14.2. The number of para-hydroxylation sites is 2. The van der Waals surface area contributed by atoms with Gasteiger partial charge < -0.3 is 14.2 Å². The van der Waals surface area contributed by atoms with E-state index >= 15 is 0 Å². The number of nitrogens with zero attached hydrogens (tertiary/aromatic N) is 4. The molecule has 3 rings (SSSR count). The van der Waals surface area contributed by atoms with Crippen LogP contribution < -0.4 is 4.74 Å². The Labute approximate surface area is 145 Å². The van der Waals surface area contributed by atoms with Gasteiger partial charge in [-0.1, -0.05) is 24.2 Å². The Kier molecular flexibility index (Phi) is 4.83. The van der Waals surface area contributed by atoms with E-state index in [0.29, 0.717) is 23.6 Å². The molecule has 0 spiro atoms.